The number of pyridine rings is 1. The molecule has 8 nitrogen and oxygen atoms in total. The van der Waals surface area contributed by atoms with Crippen LogP contribution in [-0.2, 0) is 9.84 Å². The molecule has 0 N–H and O–H groups in total. The van der Waals surface area contributed by atoms with Crippen LogP contribution < -0.4 is 9.64 Å². The van der Waals surface area contributed by atoms with E-state index < -0.39 is 21.3 Å². The van der Waals surface area contributed by atoms with Crippen LogP contribution in [0, 0.1) is 5.82 Å². The van der Waals surface area contributed by atoms with Crippen molar-refractivity contribution >= 4 is 38.2 Å². The summed E-state index contributed by atoms with van der Waals surface area (Å²) in [5, 5.41) is 0.812. The fraction of sp³-hybridized carbons (Fsp3) is 0.583. The van der Waals surface area contributed by atoms with Gasteiger partial charge in [-0.15, -0.1) is 11.8 Å². The van der Waals surface area contributed by atoms with Gasteiger partial charge in [0.25, 0.3) is 0 Å². The minimum Gasteiger partial charge on any atom is -0.485 e. The zero-order valence-electron chi connectivity index (χ0n) is 28.5. The number of anilines is 1. The van der Waals surface area contributed by atoms with Gasteiger partial charge in [-0.25, -0.2) is 12.8 Å². The first-order chi connectivity index (χ1) is 22.5. The van der Waals surface area contributed by atoms with Crippen LogP contribution in [0.25, 0.3) is 10.9 Å². The molecule has 6 rings (SSSR count). The number of hydrogen-bond acceptors (Lipinski definition) is 9. The van der Waals surface area contributed by atoms with Crippen molar-refractivity contribution in [3.63, 3.8) is 0 Å². The van der Waals surface area contributed by atoms with Crippen molar-refractivity contribution < 1.29 is 17.5 Å². The third-order valence-corrected chi connectivity index (χ3v) is 12.6. The number of fused-ring (bicyclic) bond motifs is 1. The lowest BCUT2D eigenvalue weighted by Crippen LogP contribution is -2.56. The summed E-state index contributed by atoms with van der Waals surface area (Å²) in [6.45, 7) is 17.2. The van der Waals surface area contributed by atoms with Crippen LogP contribution in [0.1, 0.15) is 53.4 Å². The first-order valence-corrected chi connectivity index (χ1v) is 19.8. The lowest BCUT2D eigenvalue weighted by atomic mass is 9.99. The smallest absolute Gasteiger partial charge is 0.210 e. The van der Waals surface area contributed by atoms with Crippen molar-refractivity contribution in [2.75, 3.05) is 70.1 Å². The molecule has 2 aromatic carbocycles. The number of thioether (sulfide) groups is 1. The predicted molar refractivity (Wildman–Crippen MR) is 189 cm³/mol. The van der Waals surface area contributed by atoms with Crippen LogP contribution in [0.2, 0.25) is 0 Å². The summed E-state index contributed by atoms with van der Waals surface area (Å²) in [6.07, 6.45) is 7.95. The van der Waals surface area contributed by atoms with Gasteiger partial charge in [0.15, 0.2) is 11.6 Å². The number of piperidine rings is 2. The van der Waals surface area contributed by atoms with Gasteiger partial charge in [0, 0.05) is 67.8 Å². The van der Waals surface area contributed by atoms with Crippen LogP contribution in [0.15, 0.2) is 57.3 Å². The SMILES string of the molecule is CCN1CCC(N2CCN(C3CCN(c4c(S(=O)(=O)c5ccc(OC(C)(C)C)c(F)c5)cnc5ccc(SC)cc45)CC3)CC2)CC1. The third-order valence-electron chi connectivity index (χ3n) is 10.1. The summed E-state index contributed by atoms with van der Waals surface area (Å²) in [5.74, 6) is -0.670. The number of hydrogen-bond donors (Lipinski definition) is 0. The Kier molecular flexibility index (Phi) is 10.4. The zero-order chi connectivity index (χ0) is 33.3. The summed E-state index contributed by atoms with van der Waals surface area (Å²) in [6, 6.07) is 11.1. The van der Waals surface area contributed by atoms with Gasteiger partial charge in [-0.3, -0.25) is 14.8 Å². The fourth-order valence-electron chi connectivity index (χ4n) is 7.50. The summed E-state index contributed by atoms with van der Waals surface area (Å²) < 4.78 is 49.4. The molecule has 3 aromatic rings. The summed E-state index contributed by atoms with van der Waals surface area (Å²) in [4.78, 5) is 15.8. The van der Waals surface area contributed by atoms with Gasteiger partial charge < -0.3 is 14.5 Å². The number of rotatable bonds is 8. The second-order valence-electron chi connectivity index (χ2n) is 14.1. The molecule has 11 heteroatoms. The van der Waals surface area contributed by atoms with Crippen LogP contribution in [-0.4, -0.2) is 111 Å². The molecule has 0 aliphatic carbocycles. The molecule has 3 aliphatic rings. The zero-order valence-corrected chi connectivity index (χ0v) is 30.2. The maximum Gasteiger partial charge on any atom is 0.210 e. The van der Waals surface area contributed by atoms with E-state index in [1.165, 1.54) is 44.3 Å². The number of piperazine rings is 1. The van der Waals surface area contributed by atoms with Gasteiger partial charge >= 0.3 is 0 Å². The van der Waals surface area contributed by atoms with Crippen molar-refractivity contribution in [3.8, 4) is 5.75 Å². The van der Waals surface area contributed by atoms with E-state index in [2.05, 4.69) is 31.5 Å². The van der Waals surface area contributed by atoms with Gasteiger partial charge in [0.2, 0.25) is 9.84 Å². The number of nitrogens with zero attached hydrogens (tertiary/aromatic N) is 5. The second-order valence-corrected chi connectivity index (χ2v) is 16.9. The monoisotopic (exact) mass is 683 g/mol. The van der Waals surface area contributed by atoms with Crippen molar-refractivity contribution in [3.05, 3.63) is 48.4 Å². The predicted octanol–water partition coefficient (Wildman–Crippen LogP) is 6.18. The Morgan fingerprint density at radius 2 is 1.51 bits per heavy atom. The van der Waals surface area contributed by atoms with E-state index in [1.54, 1.807) is 11.8 Å². The maximum atomic E-state index is 15.2. The van der Waals surface area contributed by atoms with Gasteiger partial charge in [0.05, 0.1) is 16.1 Å². The number of benzene rings is 2. The lowest BCUT2D eigenvalue weighted by Gasteiger charge is -2.46. The van der Waals surface area contributed by atoms with Crippen molar-refractivity contribution in [1.82, 2.24) is 19.7 Å². The lowest BCUT2D eigenvalue weighted by molar-refractivity contribution is 0.0384. The number of halogens is 1. The molecular formula is C36H50FN5O3S2. The molecule has 3 fully saturated rings. The van der Waals surface area contributed by atoms with Gasteiger partial charge in [-0.05, 0) is 109 Å². The quantitative estimate of drug-likeness (QED) is 0.259. The Hall–Kier alpha value is -2.44. The molecule has 256 valence electrons. The highest BCUT2D eigenvalue weighted by Gasteiger charge is 2.34. The summed E-state index contributed by atoms with van der Waals surface area (Å²) in [5.41, 5.74) is 0.806. The van der Waals surface area contributed by atoms with Crippen molar-refractivity contribution in [1.29, 1.82) is 0 Å². The normalized spacial score (nSPS) is 20.3. The van der Waals surface area contributed by atoms with E-state index >= 15 is 4.39 Å². The van der Waals surface area contributed by atoms with Gasteiger partial charge in [-0.2, -0.15) is 0 Å². The molecule has 3 saturated heterocycles. The fourth-order valence-corrected chi connectivity index (χ4v) is 9.39. The number of ether oxygens (including phenoxy) is 1. The van der Waals surface area contributed by atoms with Crippen molar-refractivity contribution in [2.24, 2.45) is 0 Å². The number of aromatic nitrogens is 1. The standard InChI is InChI=1S/C36H50FN5O3S2/c1-6-39-15-11-26(12-16-39)40-19-21-41(22-20-40)27-13-17-42(18-14-27)35-30-23-28(46-5)7-9-32(30)38-25-34(35)47(43,44)29-8-10-33(31(37)24-29)45-36(2,3)4/h7-10,23-27H,6,11-22H2,1-5H3. The Morgan fingerprint density at radius 1 is 0.894 bits per heavy atom. The van der Waals surface area contributed by atoms with Crippen LogP contribution in [0.5, 0.6) is 5.75 Å². The molecule has 3 aliphatic heterocycles. The highest BCUT2D eigenvalue weighted by Crippen LogP contribution is 2.39. The molecule has 0 spiro atoms. The van der Waals surface area contributed by atoms with E-state index in [0.29, 0.717) is 17.8 Å². The summed E-state index contributed by atoms with van der Waals surface area (Å²) >= 11 is 1.62. The Bertz CT molecular complexity index is 1660. The van der Waals surface area contributed by atoms with Crippen molar-refractivity contribution in [2.45, 2.75) is 85.7 Å². The highest BCUT2D eigenvalue weighted by molar-refractivity contribution is 7.98. The van der Waals surface area contributed by atoms with E-state index in [1.807, 2.05) is 45.2 Å². The maximum absolute atomic E-state index is 15.2. The Balaban J connectivity index is 1.22. The van der Waals surface area contributed by atoms with E-state index in [9.17, 15) is 8.42 Å². The second kappa shape index (κ2) is 14.2. The molecule has 47 heavy (non-hydrogen) atoms. The van der Waals surface area contributed by atoms with Gasteiger partial charge in [-0.1, -0.05) is 6.92 Å². The highest BCUT2D eigenvalue weighted by atomic mass is 32.2. The third kappa shape index (κ3) is 7.59. The molecule has 0 atom stereocenters. The van der Waals surface area contributed by atoms with Gasteiger partial charge in [0.1, 0.15) is 10.5 Å². The van der Waals surface area contributed by atoms with E-state index in [-0.39, 0.29) is 15.5 Å². The summed E-state index contributed by atoms with van der Waals surface area (Å²) in [7, 11) is -4.09. The molecule has 0 radical (unpaired) electrons. The van der Waals surface area contributed by atoms with E-state index in [0.717, 1.165) is 80.5 Å². The number of likely N-dealkylation sites (tertiary alicyclic amines) is 1. The topological polar surface area (TPSA) is 69.2 Å². The first-order valence-electron chi connectivity index (χ1n) is 17.1. The van der Waals surface area contributed by atoms with E-state index in [4.69, 9.17) is 4.74 Å². The molecule has 0 saturated carbocycles. The largest absolute Gasteiger partial charge is 0.485 e. The average molecular weight is 684 g/mol. The molecule has 4 heterocycles. The van der Waals surface area contributed by atoms with Crippen LogP contribution >= 0.6 is 11.8 Å². The molecular weight excluding hydrogens is 634 g/mol. The molecule has 1 aromatic heterocycles. The molecule has 0 bridgehead atoms. The minimum atomic E-state index is -4.09. The van der Waals surface area contributed by atoms with Crippen LogP contribution in [0.4, 0.5) is 10.1 Å². The molecule has 0 unspecified atom stereocenters. The minimum absolute atomic E-state index is 0.0303. The molecule has 0 amide bonds. The number of sulfone groups is 1. The average Bonchev–Trinajstić information content (AvgIpc) is 3.08. The first kappa shape index (κ1) is 34.4. The Labute approximate surface area is 284 Å². The Morgan fingerprint density at radius 3 is 2.06 bits per heavy atom. The van der Waals surface area contributed by atoms with Crippen LogP contribution in [0.3, 0.4) is 0 Å².